The zero-order valence-corrected chi connectivity index (χ0v) is 10.1. The number of nitrogens with two attached hydrogens (primary N) is 1. The molecule has 1 amide bonds. The van der Waals surface area contributed by atoms with Gasteiger partial charge in [0.1, 0.15) is 5.69 Å². The Morgan fingerprint density at radius 3 is 1.76 bits per heavy atom. The van der Waals surface area contributed by atoms with Gasteiger partial charge in [0.05, 0.1) is 0 Å². The van der Waals surface area contributed by atoms with Crippen molar-refractivity contribution >= 4 is 5.91 Å². The van der Waals surface area contributed by atoms with Gasteiger partial charge in [-0.3, -0.25) is 9.78 Å². The van der Waals surface area contributed by atoms with Crippen LogP contribution in [-0.4, -0.2) is 16.4 Å². The number of pyridine rings is 1. The second-order valence-corrected chi connectivity index (χ2v) is 1.58. The van der Waals surface area contributed by atoms with Gasteiger partial charge in [-0.1, -0.05) is 6.07 Å². The SMILES string of the molecule is NC(=O)c1ccccn1.O.[NH4+].[O-2].[O-][O-].[O-][O-].[V]. The molecule has 0 unspecified atom stereocenters. The normalized spacial score (nSPS) is 5.41. The summed E-state index contributed by atoms with van der Waals surface area (Å²) < 4.78 is 0. The summed E-state index contributed by atoms with van der Waals surface area (Å²) in [5, 5.41) is 28.0. The fraction of sp³-hybridized carbons (Fsp3) is 0. The minimum atomic E-state index is -0.490. The molecule has 1 aromatic rings. The molecule has 0 aliphatic rings. The third-order valence-corrected chi connectivity index (χ3v) is 0.917. The molecule has 0 aromatic carbocycles. The molecule has 0 saturated carbocycles. The number of rotatable bonds is 1. The molecule has 1 aromatic heterocycles. The van der Waals surface area contributed by atoms with E-state index in [4.69, 9.17) is 26.8 Å². The van der Waals surface area contributed by atoms with Gasteiger partial charge in [-0.15, -0.1) is 0 Å². The maximum Gasteiger partial charge on any atom is 0.267 e. The standard InChI is InChI=1S/C6H6N2O.H3N.2O2.H2O.O.V/c7-6(9)5-3-1-2-4-8-5;;2*1-2;;;/h1-4H,(H2,7,9);1H3;;;1H2;;/q;;2*-2;;-2;/p+1. The van der Waals surface area contributed by atoms with Crippen molar-refractivity contribution in [3.05, 3.63) is 30.1 Å². The van der Waals surface area contributed by atoms with E-state index in [0.29, 0.717) is 5.69 Å². The van der Waals surface area contributed by atoms with Crippen molar-refractivity contribution in [2.24, 2.45) is 5.73 Å². The van der Waals surface area contributed by atoms with Gasteiger partial charge in [0.25, 0.3) is 5.91 Å². The molecular weight excluding hydrogens is 277 g/mol. The zero-order valence-electron chi connectivity index (χ0n) is 8.73. The van der Waals surface area contributed by atoms with E-state index in [2.05, 4.69) is 4.98 Å². The minimum absolute atomic E-state index is 0. The Bertz CT molecular complexity index is 226. The summed E-state index contributed by atoms with van der Waals surface area (Å²) in [4.78, 5) is 14.1. The van der Waals surface area contributed by atoms with Crippen LogP contribution in [0.2, 0.25) is 0 Å². The smallest absolute Gasteiger partial charge is 0.267 e. The van der Waals surface area contributed by atoms with Crippen molar-refractivity contribution in [2.45, 2.75) is 0 Å². The third kappa shape index (κ3) is 20.9. The fourth-order valence-electron chi connectivity index (χ4n) is 0.509. The number of aromatic nitrogens is 1. The Labute approximate surface area is 109 Å². The molecular formula is C6H12N3O7V-5. The molecule has 11 heteroatoms. The molecule has 0 aliphatic heterocycles. The monoisotopic (exact) mass is 289 g/mol. The van der Waals surface area contributed by atoms with Crippen LogP contribution in [0.15, 0.2) is 24.4 Å². The number of hydrogen-bond donors (Lipinski definition) is 2. The molecule has 10 nitrogen and oxygen atoms in total. The van der Waals surface area contributed by atoms with E-state index in [1.807, 2.05) is 0 Å². The van der Waals surface area contributed by atoms with Gasteiger partial charge in [-0.2, -0.15) is 0 Å². The predicted molar refractivity (Wildman–Crippen MR) is 43.0 cm³/mol. The Morgan fingerprint density at radius 2 is 1.59 bits per heavy atom. The van der Waals surface area contributed by atoms with Crippen LogP contribution in [-0.2, 0) is 24.0 Å². The quantitative estimate of drug-likeness (QED) is 0.377. The molecule has 1 radical (unpaired) electrons. The maximum absolute atomic E-state index is 10.4. The average Bonchev–Trinajstić information content (AvgIpc) is 2.25. The van der Waals surface area contributed by atoms with Gasteiger partial charge in [0.15, 0.2) is 0 Å². The molecule has 1 rings (SSSR count). The number of carbonyl (C=O) groups is 1. The second-order valence-electron chi connectivity index (χ2n) is 1.58. The topological polar surface area (TPSA) is 245 Å². The van der Waals surface area contributed by atoms with E-state index >= 15 is 0 Å². The van der Waals surface area contributed by atoms with Gasteiger partial charge >= 0.3 is 0 Å². The van der Waals surface area contributed by atoms with Gasteiger partial charge < -0.3 is 43.9 Å². The number of quaternary nitrogens is 1. The molecule has 0 saturated heterocycles. The van der Waals surface area contributed by atoms with Crippen LogP contribution in [0.25, 0.3) is 0 Å². The molecule has 1 heterocycles. The first-order valence-electron chi connectivity index (χ1n) is 2.85. The van der Waals surface area contributed by atoms with Gasteiger partial charge in [-0.25, -0.2) is 0 Å². The molecule has 0 aliphatic carbocycles. The van der Waals surface area contributed by atoms with Crippen LogP contribution >= 0.6 is 0 Å². The molecule has 8 N–H and O–H groups in total. The van der Waals surface area contributed by atoms with Gasteiger partial charge in [-0.05, 0) is 12.1 Å². The first-order valence-corrected chi connectivity index (χ1v) is 2.85. The van der Waals surface area contributed by atoms with Gasteiger partial charge in [0, 0.05) is 24.8 Å². The van der Waals surface area contributed by atoms with Crippen molar-refractivity contribution in [3.8, 4) is 0 Å². The summed E-state index contributed by atoms with van der Waals surface area (Å²) in [5.41, 5.74) is 5.22. The largest absolute Gasteiger partial charge is 2.00 e. The van der Waals surface area contributed by atoms with Gasteiger partial charge in [0.2, 0.25) is 0 Å². The summed E-state index contributed by atoms with van der Waals surface area (Å²) in [6, 6.07) is 5.02. The molecule has 0 spiro atoms. The Balaban J connectivity index is -0.0000000346. The van der Waals surface area contributed by atoms with Crippen molar-refractivity contribution in [2.75, 3.05) is 0 Å². The van der Waals surface area contributed by atoms with E-state index < -0.39 is 5.91 Å². The summed E-state index contributed by atoms with van der Waals surface area (Å²) >= 11 is 0. The summed E-state index contributed by atoms with van der Waals surface area (Å²) in [5.74, 6) is -0.490. The van der Waals surface area contributed by atoms with E-state index in [0.717, 1.165) is 0 Å². The number of hydrogen-bond acceptors (Lipinski definition) is 6. The van der Waals surface area contributed by atoms with Crippen LogP contribution < -0.4 is 32.9 Å². The van der Waals surface area contributed by atoms with Crippen LogP contribution in [0, 0.1) is 0 Å². The molecule has 103 valence electrons. The second kappa shape index (κ2) is 29.4. The van der Waals surface area contributed by atoms with E-state index in [9.17, 15) is 4.79 Å². The van der Waals surface area contributed by atoms with Crippen molar-refractivity contribution in [1.82, 2.24) is 11.1 Å². The molecule has 17 heavy (non-hydrogen) atoms. The average molecular weight is 289 g/mol. The number of carbonyl (C=O) groups excluding carboxylic acids is 1. The molecule has 0 atom stereocenters. The van der Waals surface area contributed by atoms with Crippen LogP contribution in [0.3, 0.4) is 0 Å². The van der Waals surface area contributed by atoms with E-state index in [-0.39, 0.29) is 35.7 Å². The predicted octanol–water partition coefficient (Wildman–Crippen LogP) is -5.15. The third-order valence-electron chi connectivity index (χ3n) is 0.917. The summed E-state index contributed by atoms with van der Waals surface area (Å²) in [7, 11) is 0. The van der Waals surface area contributed by atoms with E-state index in [1.165, 1.54) is 6.20 Å². The maximum atomic E-state index is 10.4. The van der Waals surface area contributed by atoms with Crippen LogP contribution in [0.4, 0.5) is 0 Å². The van der Waals surface area contributed by atoms with Crippen molar-refractivity contribution < 1.29 is 55.3 Å². The Kier molecular flexibility index (Phi) is 62.2. The first kappa shape index (κ1) is 36.0. The van der Waals surface area contributed by atoms with Crippen LogP contribution in [0.1, 0.15) is 10.5 Å². The van der Waals surface area contributed by atoms with E-state index in [1.54, 1.807) is 18.2 Å². The number of primary amides is 1. The van der Waals surface area contributed by atoms with Crippen molar-refractivity contribution in [1.29, 1.82) is 0 Å². The minimum Gasteiger partial charge on any atom is -2.00 e. The van der Waals surface area contributed by atoms with Crippen LogP contribution in [0.5, 0.6) is 0 Å². The first-order chi connectivity index (χ1) is 6.30. The van der Waals surface area contributed by atoms with Crippen molar-refractivity contribution in [3.63, 3.8) is 0 Å². The number of amides is 1. The molecule has 0 fully saturated rings. The zero-order chi connectivity index (χ0) is 10.7. The molecule has 0 bridgehead atoms. The summed E-state index contributed by atoms with van der Waals surface area (Å²) in [6.45, 7) is 0. The summed E-state index contributed by atoms with van der Waals surface area (Å²) in [6.07, 6.45) is 1.53. The Hall–Kier alpha value is -1.08. The Morgan fingerprint density at radius 1 is 1.18 bits per heavy atom. The fourth-order valence-corrected chi connectivity index (χ4v) is 0.509. The number of nitrogens with zero attached hydrogens (tertiary/aromatic N) is 1.